The number of benzene rings is 1. The van der Waals surface area contributed by atoms with Crippen LogP contribution in [0.5, 0.6) is 11.5 Å². The van der Waals surface area contributed by atoms with Crippen LogP contribution in [0.4, 0.5) is 0 Å². The fourth-order valence-corrected chi connectivity index (χ4v) is 1.77. The Morgan fingerprint density at radius 2 is 1.96 bits per heavy atom. The normalized spacial score (nSPS) is 11.5. The number of nitrogens with one attached hydrogen (secondary N) is 1. The van der Waals surface area contributed by atoms with Gasteiger partial charge in [0, 0.05) is 13.7 Å². The van der Waals surface area contributed by atoms with Gasteiger partial charge in [0.2, 0.25) is 0 Å². The van der Waals surface area contributed by atoms with E-state index in [0.717, 1.165) is 0 Å². The van der Waals surface area contributed by atoms with Gasteiger partial charge in [-0.2, -0.15) is 0 Å². The number of carbonyl (C=O) groups excluding carboxylic acids is 2. The van der Waals surface area contributed by atoms with E-state index in [1.165, 1.54) is 27.2 Å². The standard InChI is InChI=1S/C16H23NO6/c1-5-22-13-7-6-12(10-14(13)21-4)16(19)23-11(2)15(18)17-8-9-20-3/h6-7,10-11H,5,8-9H2,1-4H3,(H,17,18)/t11-/m1/s1. The first-order chi connectivity index (χ1) is 11.0. The molecule has 0 saturated carbocycles. The summed E-state index contributed by atoms with van der Waals surface area (Å²) in [6.07, 6.45) is -0.906. The number of methoxy groups -OCH3 is 2. The Morgan fingerprint density at radius 3 is 2.57 bits per heavy atom. The van der Waals surface area contributed by atoms with Gasteiger partial charge < -0.3 is 24.3 Å². The van der Waals surface area contributed by atoms with Crippen LogP contribution >= 0.6 is 0 Å². The van der Waals surface area contributed by atoms with Gasteiger partial charge >= 0.3 is 5.97 Å². The molecule has 0 spiro atoms. The highest BCUT2D eigenvalue weighted by Crippen LogP contribution is 2.28. The van der Waals surface area contributed by atoms with E-state index in [-0.39, 0.29) is 11.5 Å². The van der Waals surface area contributed by atoms with Gasteiger partial charge in [0.05, 0.1) is 25.9 Å². The van der Waals surface area contributed by atoms with Crippen molar-refractivity contribution in [2.75, 3.05) is 34.0 Å². The summed E-state index contributed by atoms with van der Waals surface area (Å²) in [6.45, 7) is 4.59. The summed E-state index contributed by atoms with van der Waals surface area (Å²) in [5.74, 6) is -0.0237. The average molecular weight is 325 g/mol. The highest BCUT2D eigenvalue weighted by atomic mass is 16.5. The molecule has 0 aliphatic carbocycles. The maximum atomic E-state index is 12.1. The number of hydrogen-bond acceptors (Lipinski definition) is 6. The molecule has 0 aromatic heterocycles. The molecule has 128 valence electrons. The van der Waals surface area contributed by atoms with E-state index in [1.54, 1.807) is 12.1 Å². The minimum absolute atomic E-state index is 0.279. The predicted octanol–water partition coefficient (Wildman–Crippen LogP) is 1.40. The van der Waals surface area contributed by atoms with Crippen molar-refractivity contribution in [2.24, 2.45) is 0 Å². The smallest absolute Gasteiger partial charge is 0.339 e. The molecule has 7 nitrogen and oxygen atoms in total. The van der Waals surface area contributed by atoms with Crippen molar-refractivity contribution < 1.29 is 28.5 Å². The van der Waals surface area contributed by atoms with Gasteiger partial charge in [-0.05, 0) is 32.0 Å². The Bertz CT molecular complexity index is 531. The third kappa shape index (κ3) is 5.78. The van der Waals surface area contributed by atoms with E-state index >= 15 is 0 Å². The van der Waals surface area contributed by atoms with Crippen LogP contribution in [0, 0.1) is 0 Å². The molecule has 0 saturated heterocycles. The zero-order chi connectivity index (χ0) is 17.2. The second kappa shape index (κ2) is 9.68. The number of rotatable bonds is 9. The molecular formula is C16H23NO6. The van der Waals surface area contributed by atoms with Gasteiger partial charge in [-0.15, -0.1) is 0 Å². The SMILES string of the molecule is CCOc1ccc(C(=O)O[C@H](C)C(=O)NCCOC)cc1OC. The molecule has 7 heteroatoms. The molecule has 0 bridgehead atoms. The Labute approximate surface area is 135 Å². The van der Waals surface area contributed by atoms with Gasteiger partial charge in [0.15, 0.2) is 17.6 Å². The lowest BCUT2D eigenvalue weighted by Crippen LogP contribution is -2.37. The lowest BCUT2D eigenvalue weighted by molar-refractivity contribution is -0.129. The zero-order valence-corrected chi connectivity index (χ0v) is 13.9. The van der Waals surface area contributed by atoms with Gasteiger partial charge in [0.1, 0.15) is 0 Å². The van der Waals surface area contributed by atoms with E-state index in [2.05, 4.69) is 5.32 Å². The Morgan fingerprint density at radius 1 is 1.22 bits per heavy atom. The van der Waals surface area contributed by atoms with Gasteiger partial charge in [-0.3, -0.25) is 4.79 Å². The van der Waals surface area contributed by atoms with Crippen molar-refractivity contribution in [3.05, 3.63) is 23.8 Å². The summed E-state index contributed by atoms with van der Waals surface area (Å²) in [5, 5.41) is 2.60. The first-order valence-electron chi connectivity index (χ1n) is 7.31. The van der Waals surface area contributed by atoms with Crippen molar-refractivity contribution in [1.29, 1.82) is 0 Å². The lowest BCUT2D eigenvalue weighted by Gasteiger charge is -2.14. The number of ether oxygens (including phenoxy) is 4. The molecule has 1 rings (SSSR count). The van der Waals surface area contributed by atoms with Gasteiger partial charge in [-0.25, -0.2) is 4.79 Å². The monoisotopic (exact) mass is 325 g/mol. The van der Waals surface area contributed by atoms with Crippen LogP contribution in [0.1, 0.15) is 24.2 Å². The number of esters is 1. The van der Waals surface area contributed by atoms with Crippen LogP contribution in [-0.2, 0) is 14.3 Å². The maximum absolute atomic E-state index is 12.1. The molecule has 1 amide bonds. The molecule has 1 N–H and O–H groups in total. The summed E-state index contributed by atoms with van der Waals surface area (Å²) in [5.41, 5.74) is 0.279. The van der Waals surface area contributed by atoms with E-state index in [9.17, 15) is 9.59 Å². The van der Waals surface area contributed by atoms with Crippen LogP contribution in [-0.4, -0.2) is 52.0 Å². The third-order valence-corrected chi connectivity index (χ3v) is 2.96. The van der Waals surface area contributed by atoms with Gasteiger partial charge in [0.25, 0.3) is 5.91 Å². The Kier molecular flexibility index (Phi) is 7.90. The fourth-order valence-electron chi connectivity index (χ4n) is 1.77. The minimum Gasteiger partial charge on any atom is -0.493 e. The maximum Gasteiger partial charge on any atom is 0.339 e. The van der Waals surface area contributed by atoms with Crippen molar-refractivity contribution >= 4 is 11.9 Å². The van der Waals surface area contributed by atoms with Crippen molar-refractivity contribution in [2.45, 2.75) is 20.0 Å². The Hall–Kier alpha value is -2.28. The second-order valence-corrected chi connectivity index (χ2v) is 4.63. The molecule has 23 heavy (non-hydrogen) atoms. The number of hydrogen-bond donors (Lipinski definition) is 1. The van der Waals surface area contributed by atoms with E-state index in [1.807, 2.05) is 6.92 Å². The van der Waals surface area contributed by atoms with Gasteiger partial charge in [-0.1, -0.05) is 0 Å². The van der Waals surface area contributed by atoms with Crippen LogP contribution in [0.3, 0.4) is 0 Å². The first-order valence-corrected chi connectivity index (χ1v) is 7.31. The van der Waals surface area contributed by atoms with Crippen LogP contribution < -0.4 is 14.8 Å². The quantitative estimate of drug-likeness (QED) is 0.546. The minimum atomic E-state index is -0.906. The highest BCUT2D eigenvalue weighted by Gasteiger charge is 2.19. The molecule has 0 unspecified atom stereocenters. The first kappa shape index (κ1) is 18.8. The molecule has 0 aliphatic heterocycles. The van der Waals surface area contributed by atoms with E-state index < -0.39 is 12.1 Å². The molecular weight excluding hydrogens is 302 g/mol. The second-order valence-electron chi connectivity index (χ2n) is 4.63. The van der Waals surface area contributed by atoms with Crippen molar-refractivity contribution in [3.63, 3.8) is 0 Å². The van der Waals surface area contributed by atoms with Crippen LogP contribution in [0.15, 0.2) is 18.2 Å². The fraction of sp³-hybridized carbons (Fsp3) is 0.500. The Balaban J connectivity index is 2.68. The number of carbonyl (C=O) groups is 2. The zero-order valence-electron chi connectivity index (χ0n) is 13.9. The highest BCUT2D eigenvalue weighted by molar-refractivity contribution is 5.92. The van der Waals surface area contributed by atoms with Crippen molar-refractivity contribution in [1.82, 2.24) is 5.32 Å². The third-order valence-electron chi connectivity index (χ3n) is 2.96. The number of amides is 1. The molecule has 0 heterocycles. The molecule has 1 aromatic carbocycles. The van der Waals surface area contributed by atoms with E-state index in [0.29, 0.717) is 31.3 Å². The molecule has 1 atom stereocenters. The summed E-state index contributed by atoms with van der Waals surface area (Å²) < 4.78 is 20.5. The topological polar surface area (TPSA) is 83.1 Å². The summed E-state index contributed by atoms with van der Waals surface area (Å²) in [7, 11) is 3.02. The summed E-state index contributed by atoms with van der Waals surface area (Å²) >= 11 is 0. The summed E-state index contributed by atoms with van der Waals surface area (Å²) in [6, 6.07) is 4.70. The van der Waals surface area contributed by atoms with Crippen molar-refractivity contribution in [3.8, 4) is 11.5 Å². The largest absolute Gasteiger partial charge is 0.493 e. The van der Waals surface area contributed by atoms with Crippen LogP contribution in [0.25, 0.3) is 0 Å². The predicted molar refractivity (Wildman–Crippen MR) is 83.9 cm³/mol. The van der Waals surface area contributed by atoms with E-state index in [4.69, 9.17) is 18.9 Å². The lowest BCUT2D eigenvalue weighted by atomic mass is 10.2. The summed E-state index contributed by atoms with van der Waals surface area (Å²) in [4.78, 5) is 23.9. The molecule has 1 aromatic rings. The molecule has 0 radical (unpaired) electrons. The average Bonchev–Trinajstić information content (AvgIpc) is 2.55. The van der Waals surface area contributed by atoms with Crippen LogP contribution in [0.2, 0.25) is 0 Å². The molecule has 0 aliphatic rings. The molecule has 0 fully saturated rings.